The quantitative estimate of drug-likeness (QED) is 0.267. The number of imidazole rings is 1. The molecule has 0 aliphatic carbocycles. The van der Waals surface area contributed by atoms with Crippen LogP contribution in [0.1, 0.15) is 12.5 Å². The summed E-state index contributed by atoms with van der Waals surface area (Å²) in [7, 11) is 1.56. The minimum absolute atomic E-state index is 0.371. The Balaban J connectivity index is 1.47. The van der Waals surface area contributed by atoms with E-state index in [1.165, 1.54) is 13.0 Å². The van der Waals surface area contributed by atoms with Crippen LogP contribution in [0.15, 0.2) is 51.7 Å². The first kappa shape index (κ1) is 23.8. The van der Waals surface area contributed by atoms with Gasteiger partial charge in [0.1, 0.15) is 11.8 Å². The second-order valence-corrected chi connectivity index (χ2v) is 7.80. The number of anilines is 1. The van der Waals surface area contributed by atoms with Crippen LogP contribution in [-0.4, -0.2) is 47.5 Å². The van der Waals surface area contributed by atoms with Crippen molar-refractivity contribution < 1.29 is 23.9 Å². The predicted octanol–water partition coefficient (Wildman–Crippen LogP) is 2.33. The molecule has 0 spiro atoms. The smallest absolute Gasteiger partial charge is 0.328 e. The van der Waals surface area contributed by atoms with Crippen molar-refractivity contribution in [2.75, 3.05) is 19.0 Å². The van der Waals surface area contributed by atoms with Gasteiger partial charge in [-0.3, -0.25) is 9.59 Å². The maximum absolute atomic E-state index is 12.2. The summed E-state index contributed by atoms with van der Waals surface area (Å²) in [5.41, 5.74) is 1.88. The summed E-state index contributed by atoms with van der Waals surface area (Å²) in [6.07, 6.45) is 2.88. The first-order chi connectivity index (χ1) is 15.7. The third-order valence-electron chi connectivity index (χ3n) is 4.48. The molecular weight excluding hydrogens is 496 g/mol. The average molecular weight is 517 g/mol. The van der Waals surface area contributed by atoms with Gasteiger partial charge >= 0.3 is 11.7 Å². The summed E-state index contributed by atoms with van der Waals surface area (Å²) in [4.78, 5) is 52.9. The number of hydrogen-bond donors (Lipinski definition) is 4. The topological polar surface area (TPSA) is 142 Å². The van der Waals surface area contributed by atoms with E-state index in [1.54, 1.807) is 49.6 Å². The molecule has 0 aliphatic rings. The molecule has 0 fully saturated rings. The van der Waals surface area contributed by atoms with E-state index >= 15 is 0 Å². The SMILES string of the molecule is COc1ccc(/C=C/C(=O)N[C@@H](C)C(=O)OCC(=O)Nc2cc3[nH]c(=O)[nH]c3cc2Br)cc1. The largest absolute Gasteiger partial charge is 0.497 e. The Morgan fingerprint density at radius 3 is 2.45 bits per heavy atom. The van der Waals surface area contributed by atoms with Crippen LogP contribution in [0.2, 0.25) is 0 Å². The van der Waals surface area contributed by atoms with Gasteiger partial charge in [-0.2, -0.15) is 0 Å². The number of H-pyrrole nitrogens is 2. The summed E-state index contributed by atoms with van der Waals surface area (Å²) < 4.78 is 10.6. The number of amides is 2. The van der Waals surface area contributed by atoms with Gasteiger partial charge in [-0.25, -0.2) is 9.59 Å². The molecule has 11 heteroatoms. The number of nitrogens with one attached hydrogen (secondary N) is 4. The average Bonchev–Trinajstić information content (AvgIpc) is 3.15. The number of halogens is 1. The Morgan fingerprint density at radius 1 is 1.12 bits per heavy atom. The maximum atomic E-state index is 12.2. The van der Waals surface area contributed by atoms with Gasteiger partial charge in [0.25, 0.3) is 5.91 Å². The first-order valence-electron chi connectivity index (χ1n) is 9.76. The lowest BCUT2D eigenvalue weighted by atomic mass is 10.2. The standard InChI is InChI=1S/C22H21BrN4O6/c1-12(24-19(28)8-5-13-3-6-14(32-2)7-4-13)21(30)33-11-20(29)25-16-10-18-17(9-15(16)23)26-22(31)27-18/h3-10,12H,11H2,1-2H3,(H,24,28)(H,25,29)(H2,26,27,31)/b8-5+/t12-/m0/s1. The lowest BCUT2D eigenvalue weighted by Gasteiger charge is -2.12. The van der Waals surface area contributed by atoms with Gasteiger partial charge in [-0.05, 0) is 58.8 Å². The second kappa shape index (κ2) is 10.6. The fourth-order valence-electron chi connectivity index (χ4n) is 2.81. The van der Waals surface area contributed by atoms with Gasteiger partial charge in [-0.1, -0.05) is 12.1 Å². The van der Waals surface area contributed by atoms with Crippen molar-refractivity contribution in [2.24, 2.45) is 0 Å². The molecule has 0 radical (unpaired) electrons. The fourth-order valence-corrected chi connectivity index (χ4v) is 3.25. The van der Waals surface area contributed by atoms with Gasteiger partial charge in [-0.15, -0.1) is 0 Å². The molecule has 0 unspecified atom stereocenters. The highest BCUT2D eigenvalue weighted by Crippen LogP contribution is 2.26. The van der Waals surface area contributed by atoms with Crippen LogP contribution in [0.5, 0.6) is 5.75 Å². The molecule has 2 amide bonds. The normalized spacial score (nSPS) is 11.8. The minimum atomic E-state index is -0.959. The first-order valence-corrected chi connectivity index (χ1v) is 10.5. The van der Waals surface area contributed by atoms with E-state index in [9.17, 15) is 19.2 Å². The van der Waals surface area contributed by atoms with Crippen molar-refractivity contribution in [3.05, 3.63) is 63.0 Å². The molecule has 1 atom stereocenters. The molecule has 0 aliphatic heterocycles. The van der Waals surface area contributed by atoms with Crippen LogP contribution in [-0.2, 0) is 19.1 Å². The number of methoxy groups -OCH3 is 1. The van der Waals surface area contributed by atoms with Gasteiger partial charge < -0.3 is 30.1 Å². The molecule has 3 aromatic rings. The maximum Gasteiger partial charge on any atom is 0.328 e. The summed E-state index contributed by atoms with van der Waals surface area (Å²) in [5.74, 6) is -1.14. The lowest BCUT2D eigenvalue weighted by molar-refractivity contribution is -0.149. The van der Waals surface area contributed by atoms with Crippen molar-refractivity contribution in [1.29, 1.82) is 0 Å². The van der Waals surface area contributed by atoms with Crippen LogP contribution in [0.3, 0.4) is 0 Å². The molecule has 0 bridgehead atoms. The third-order valence-corrected chi connectivity index (χ3v) is 5.13. The number of ether oxygens (including phenoxy) is 2. The number of hydrogen-bond acceptors (Lipinski definition) is 6. The van der Waals surface area contributed by atoms with E-state index in [4.69, 9.17) is 9.47 Å². The van der Waals surface area contributed by atoms with Gasteiger partial charge in [0.2, 0.25) is 5.91 Å². The van der Waals surface area contributed by atoms with E-state index in [-0.39, 0.29) is 5.69 Å². The molecule has 0 saturated heterocycles. The molecule has 33 heavy (non-hydrogen) atoms. The summed E-state index contributed by atoms with van der Waals surface area (Å²) >= 11 is 3.31. The number of carbonyl (C=O) groups excluding carboxylic acids is 3. The predicted molar refractivity (Wildman–Crippen MR) is 126 cm³/mol. The number of aromatic nitrogens is 2. The highest BCUT2D eigenvalue weighted by molar-refractivity contribution is 9.10. The van der Waals surface area contributed by atoms with E-state index in [2.05, 4.69) is 36.5 Å². The minimum Gasteiger partial charge on any atom is -0.497 e. The highest BCUT2D eigenvalue weighted by Gasteiger charge is 2.18. The zero-order valence-corrected chi connectivity index (χ0v) is 19.3. The van der Waals surface area contributed by atoms with Gasteiger partial charge in [0.05, 0.1) is 23.8 Å². The van der Waals surface area contributed by atoms with Crippen molar-refractivity contribution in [3.8, 4) is 5.75 Å². The number of rotatable bonds is 8. The summed E-state index contributed by atoms with van der Waals surface area (Å²) in [5, 5.41) is 5.06. The molecule has 10 nitrogen and oxygen atoms in total. The third kappa shape index (κ3) is 6.56. The van der Waals surface area contributed by atoms with Gasteiger partial charge in [0, 0.05) is 10.5 Å². The van der Waals surface area contributed by atoms with Crippen molar-refractivity contribution in [3.63, 3.8) is 0 Å². The Kier molecular flexibility index (Phi) is 7.67. The van der Waals surface area contributed by atoms with Crippen molar-refractivity contribution in [1.82, 2.24) is 15.3 Å². The molecule has 2 aromatic carbocycles. The number of aromatic amines is 2. The molecule has 0 saturated carbocycles. The second-order valence-electron chi connectivity index (χ2n) is 6.95. The number of fused-ring (bicyclic) bond motifs is 1. The Bertz CT molecular complexity index is 1260. The Hall–Kier alpha value is -3.86. The lowest BCUT2D eigenvalue weighted by Crippen LogP contribution is -2.39. The monoisotopic (exact) mass is 516 g/mol. The zero-order valence-electron chi connectivity index (χ0n) is 17.7. The number of carbonyl (C=O) groups is 3. The molecule has 4 N–H and O–H groups in total. The van der Waals surface area contributed by atoms with Crippen LogP contribution in [0, 0.1) is 0 Å². The van der Waals surface area contributed by atoms with Crippen LogP contribution >= 0.6 is 15.9 Å². The molecule has 1 aromatic heterocycles. The summed E-state index contributed by atoms with van der Waals surface area (Å²) in [6, 6.07) is 9.32. The molecule has 1 heterocycles. The van der Waals surface area contributed by atoms with Crippen molar-refractivity contribution in [2.45, 2.75) is 13.0 Å². The molecule has 172 valence electrons. The van der Waals surface area contributed by atoms with E-state index in [1.807, 2.05) is 0 Å². The molecular formula is C22H21BrN4O6. The van der Waals surface area contributed by atoms with Crippen molar-refractivity contribution >= 4 is 56.5 Å². The van der Waals surface area contributed by atoms with Crippen LogP contribution in [0.25, 0.3) is 17.1 Å². The van der Waals surface area contributed by atoms with E-state index < -0.39 is 30.4 Å². The van der Waals surface area contributed by atoms with E-state index in [0.717, 1.165) is 5.56 Å². The van der Waals surface area contributed by atoms with Gasteiger partial charge in [0.15, 0.2) is 6.61 Å². The van der Waals surface area contributed by atoms with Crippen LogP contribution < -0.4 is 21.1 Å². The molecule has 3 rings (SSSR count). The number of benzene rings is 2. The fraction of sp³-hybridized carbons (Fsp3) is 0.182. The summed E-state index contributed by atoms with van der Waals surface area (Å²) in [6.45, 7) is 0.904. The Labute approximate surface area is 196 Å². The van der Waals surface area contributed by atoms with E-state index in [0.29, 0.717) is 26.9 Å². The highest BCUT2D eigenvalue weighted by atomic mass is 79.9. The zero-order chi connectivity index (χ0) is 24.0. The van der Waals surface area contributed by atoms with Crippen LogP contribution in [0.4, 0.5) is 5.69 Å². The number of esters is 1. The Morgan fingerprint density at radius 2 is 1.79 bits per heavy atom.